The van der Waals surface area contributed by atoms with Gasteiger partial charge in [-0.05, 0) is 24.1 Å². The first-order valence-electron chi connectivity index (χ1n) is 8.12. The van der Waals surface area contributed by atoms with Crippen molar-refractivity contribution in [2.24, 2.45) is 0 Å². The van der Waals surface area contributed by atoms with Crippen molar-refractivity contribution in [3.63, 3.8) is 0 Å². The van der Waals surface area contributed by atoms with Crippen LogP contribution in [0.3, 0.4) is 0 Å². The van der Waals surface area contributed by atoms with Gasteiger partial charge in [0.1, 0.15) is 0 Å². The lowest BCUT2D eigenvalue weighted by molar-refractivity contribution is 0.376. The van der Waals surface area contributed by atoms with E-state index in [0.717, 1.165) is 5.56 Å². The van der Waals surface area contributed by atoms with Crippen LogP contribution in [0, 0.1) is 0 Å². The van der Waals surface area contributed by atoms with Crippen LogP contribution in [0.15, 0.2) is 59.1 Å². The van der Waals surface area contributed by atoms with Crippen LogP contribution >= 0.6 is 11.6 Å². The van der Waals surface area contributed by atoms with E-state index < -0.39 is 10.0 Å². The van der Waals surface area contributed by atoms with Crippen LogP contribution in [0.5, 0.6) is 0 Å². The van der Waals surface area contributed by atoms with Gasteiger partial charge in [0.15, 0.2) is 0 Å². The number of benzene rings is 2. The Morgan fingerprint density at radius 3 is 2.50 bits per heavy atom. The van der Waals surface area contributed by atoms with E-state index in [1.165, 1.54) is 0 Å². The molecule has 0 atom stereocenters. The molecule has 26 heavy (non-hydrogen) atoms. The highest BCUT2D eigenvalue weighted by atomic mass is 35.5. The SMILES string of the molecule is O=S(=O)(Cc1ccc(Cl)cc1)NCCCc1nc(-c2ccccc2)no1. The lowest BCUT2D eigenvalue weighted by Crippen LogP contribution is -2.26. The lowest BCUT2D eigenvalue weighted by Gasteiger charge is -2.06. The molecule has 8 heteroatoms. The van der Waals surface area contributed by atoms with E-state index in [-0.39, 0.29) is 5.75 Å². The number of halogens is 1. The van der Waals surface area contributed by atoms with Crippen LogP contribution < -0.4 is 4.72 Å². The molecule has 0 aliphatic carbocycles. The second-order valence-electron chi connectivity index (χ2n) is 5.76. The molecule has 1 aromatic heterocycles. The third-order valence-corrected chi connectivity index (χ3v) is 5.27. The number of aromatic nitrogens is 2. The van der Waals surface area contributed by atoms with Crippen LogP contribution in [0.25, 0.3) is 11.4 Å². The highest BCUT2D eigenvalue weighted by Gasteiger charge is 2.12. The Kier molecular flexibility index (Phi) is 6.03. The van der Waals surface area contributed by atoms with Crippen molar-refractivity contribution in [2.45, 2.75) is 18.6 Å². The number of sulfonamides is 1. The largest absolute Gasteiger partial charge is 0.339 e. The maximum Gasteiger partial charge on any atom is 0.227 e. The first-order chi connectivity index (χ1) is 12.5. The highest BCUT2D eigenvalue weighted by Crippen LogP contribution is 2.15. The zero-order valence-electron chi connectivity index (χ0n) is 13.9. The molecule has 0 bridgehead atoms. The number of nitrogens with zero attached hydrogens (tertiary/aromatic N) is 2. The minimum atomic E-state index is -3.40. The molecule has 0 aliphatic heterocycles. The first-order valence-corrected chi connectivity index (χ1v) is 10.1. The Morgan fingerprint density at radius 2 is 1.77 bits per heavy atom. The second kappa shape index (κ2) is 8.44. The standard InChI is InChI=1S/C18H18ClN3O3S/c19-16-10-8-14(9-11-16)13-26(23,24)20-12-4-7-17-21-18(22-25-17)15-5-2-1-3-6-15/h1-3,5-6,8-11,20H,4,7,12-13H2. The summed E-state index contributed by atoms with van der Waals surface area (Å²) in [5.41, 5.74) is 1.57. The van der Waals surface area contributed by atoms with E-state index in [1.54, 1.807) is 24.3 Å². The molecule has 1 N–H and O–H groups in total. The van der Waals surface area contributed by atoms with Gasteiger partial charge in [-0.3, -0.25) is 0 Å². The molecular weight excluding hydrogens is 374 g/mol. The summed E-state index contributed by atoms with van der Waals surface area (Å²) in [5, 5.41) is 4.52. The van der Waals surface area contributed by atoms with Crippen molar-refractivity contribution in [3.8, 4) is 11.4 Å². The first kappa shape index (κ1) is 18.6. The normalized spacial score (nSPS) is 11.6. The van der Waals surface area contributed by atoms with E-state index in [2.05, 4.69) is 14.9 Å². The van der Waals surface area contributed by atoms with Crippen LogP contribution in [-0.4, -0.2) is 25.1 Å². The summed E-state index contributed by atoms with van der Waals surface area (Å²) in [6.45, 7) is 0.305. The molecule has 1 heterocycles. The monoisotopic (exact) mass is 391 g/mol. The van der Waals surface area contributed by atoms with Crippen molar-refractivity contribution in [3.05, 3.63) is 71.1 Å². The summed E-state index contributed by atoms with van der Waals surface area (Å²) in [6.07, 6.45) is 1.07. The van der Waals surface area contributed by atoms with Gasteiger partial charge < -0.3 is 4.52 Å². The van der Waals surface area contributed by atoms with Gasteiger partial charge in [-0.2, -0.15) is 4.98 Å². The minimum Gasteiger partial charge on any atom is -0.339 e. The molecule has 136 valence electrons. The average Bonchev–Trinajstić information content (AvgIpc) is 3.10. The summed E-state index contributed by atoms with van der Waals surface area (Å²) in [7, 11) is -3.40. The van der Waals surface area contributed by atoms with E-state index in [1.807, 2.05) is 30.3 Å². The van der Waals surface area contributed by atoms with Gasteiger partial charge >= 0.3 is 0 Å². The molecule has 0 radical (unpaired) electrons. The molecule has 3 rings (SSSR count). The molecule has 2 aromatic carbocycles. The molecule has 3 aromatic rings. The van der Waals surface area contributed by atoms with Gasteiger partial charge in [-0.1, -0.05) is 59.2 Å². The third-order valence-electron chi connectivity index (χ3n) is 3.66. The van der Waals surface area contributed by atoms with Crippen molar-refractivity contribution in [2.75, 3.05) is 6.54 Å². The van der Waals surface area contributed by atoms with Crippen LogP contribution in [0.4, 0.5) is 0 Å². The summed E-state index contributed by atoms with van der Waals surface area (Å²) in [6, 6.07) is 16.3. The Bertz CT molecular complexity index is 941. The fourth-order valence-corrected chi connectivity index (χ4v) is 3.69. The fourth-order valence-electron chi connectivity index (χ4n) is 2.38. The van der Waals surface area contributed by atoms with Crippen LogP contribution in [-0.2, 0) is 22.2 Å². The van der Waals surface area contributed by atoms with E-state index >= 15 is 0 Å². The number of hydrogen-bond donors (Lipinski definition) is 1. The van der Waals surface area contributed by atoms with Crippen molar-refractivity contribution < 1.29 is 12.9 Å². The quantitative estimate of drug-likeness (QED) is 0.594. The summed E-state index contributed by atoms with van der Waals surface area (Å²) >= 11 is 5.80. The molecule has 0 aliphatic rings. The van der Waals surface area contributed by atoms with Crippen molar-refractivity contribution in [1.82, 2.24) is 14.9 Å². The predicted molar refractivity (Wildman–Crippen MR) is 100 cm³/mol. The van der Waals surface area contributed by atoms with Gasteiger partial charge in [0, 0.05) is 23.6 Å². The van der Waals surface area contributed by atoms with Crippen LogP contribution in [0.1, 0.15) is 17.9 Å². The number of aryl methyl sites for hydroxylation is 1. The summed E-state index contributed by atoms with van der Waals surface area (Å²) in [4.78, 5) is 4.32. The summed E-state index contributed by atoms with van der Waals surface area (Å²) < 4.78 is 32.0. The fraction of sp³-hybridized carbons (Fsp3) is 0.222. The second-order valence-corrected chi connectivity index (χ2v) is 8.00. The van der Waals surface area contributed by atoms with Crippen molar-refractivity contribution >= 4 is 21.6 Å². The highest BCUT2D eigenvalue weighted by molar-refractivity contribution is 7.88. The molecule has 0 fully saturated rings. The Morgan fingerprint density at radius 1 is 1.04 bits per heavy atom. The van der Waals surface area contributed by atoms with Gasteiger partial charge in [0.25, 0.3) is 0 Å². The van der Waals surface area contributed by atoms with E-state index in [0.29, 0.717) is 41.7 Å². The maximum atomic E-state index is 12.1. The van der Waals surface area contributed by atoms with E-state index in [9.17, 15) is 8.42 Å². The Balaban J connectivity index is 1.46. The van der Waals surface area contributed by atoms with Gasteiger partial charge in [-0.15, -0.1) is 0 Å². The number of nitrogens with one attached hydrogen (secondary N) is 1. The molecule has 0 unspecified atom stereocenters. The molecule has 0 saturated carbocycles. The maximum absolute atomic E-state index is 12.1. The topological polar surface area (TPSA) is 85.1 Å². The molecule has 0 saturated heterocycles. The minimum absolute atomic E-state index is 0.0805. The van der Waals surface area contributed by atoms with Crippen LogP contribution in [0.2, 0.25) is 5.02 Å². The summed E-state index contributed by atoms with van der Waals surface area (Å²) in [5.74, 6) is 0.938. The number of hydrogen-bond acceptors (Lipinski definition) is 5. The van der Waals surface area contributed by atoms with Gasteiger partial charge in [0.2, 0.25) is 21.7 Å². The molecule has 0 amide bonds. The van der Waals surface area contributed by atoms with E-state index in [4.69, 9.17) is 16.1 Å². The molecular formula is C18H18ClN3O3S. The Labute approximate surface area is 157 Å². The van der Waals surface area contributed by atoms with Gasteiger partial charge in [-0.25, -0.2) is 13.1 Å². The number of rotatable bonds is 8. The molecule has 6 nitrogen and oxygen atoms in total. The van der Waals surface area contributed by atoms with Crippen molar-refractivity contribution in [1.29, 1.82) is 0 Å². The Hall–Kier alpha value is -2.22. The smallest absolute Gasteiger partial charge is 0.227 e. The zero-order valence-corrected chi connectivity index (χ0v) is 15.5. The lowest BCUT2D eigenvalue weighted by atomic mass is 10.2. The average molecular weight is 392 g/mol. The predicted octanol–water partition coefficient (Wildman–Crippen LogP) is 3.44. The third kappa shape index (κ3) is 5.39. The molecule has 0 spiro atoms. The van der Waals surface area contributed by atoms with Gasteiger partial charge in [0.05, 0.1) is 5.75 Å². The zero-order chi connectivity index (χ0) is 18.4.